The lowest BCUT2D eigenvalue weighted by Crippen LogP contribution is -2.30. The Kier molecular flexibility index (Phi) is 6.81. The summed E-state index contributed by atoms with van der Waals surface area (Å²) in [7, 11) is 0. The molecule has 3 aromatic rings. The second-order valence-electron chi connectivity index (χ2n) is 9.84. The van der Waals surface area contributed by atoms with E-state index in [-0.39, 0.29) is 51.8 Å². The van der Waals surface area contributed by atoms with Gasteiger partial charge in [-0.15, -0.1) is 0 Å². The van der Waals surface area contributed by atoms with Crippen LogP contribution in [-0.2, 0) is 16.2 Å². The van der Waals surface area contributed by atoms with Crippen molar-refractivity contribution in [3.63, 3.8) is 0 Å². The van der Waals surface area contributed by atoms with E-state index in [9.17, 15) is 18.7 Å². The summed E-state index contributed by atoms with van der Waals surface area (Å²) in [5.74, 6) is -2.28. The Bertz CT molecular complexity index is 1350. The number of benzene rings is 1. The van der Waals surface area contributed by atoms with Crippen LogP contribution in [0.3, 0.4) is 0 Å². The minimum atomic E-state index is -0.959. The number of H-pyrrole nitrogens is 1. The zero-order valence-electron chi connectivity index (χ0n) is 20.1. The van der Waals surface area contributed by atoms with Crippen LogP contribution in [-0.4, -0.2) is 57.5 Å². The number of hydrogen-bond donors (Lipinski definition) is 3. The fourth-order valence-corrected chi connectivity index (χ4v) is 5.03. The maximum Gasteiger partial charge on any atom is 0.296 e. The van der Waals surface area contributed by atoms with E-state index >= 15 is 0 Å². The molecule has 4 atom stereocenters. The highest BCUT2D eigenvalue weighted by Gasteiger charge is 2.47. The molecule has 3 N–H and O–H groups in total. The monoisotopic (exact) mass is 550 g/mol. The number of aliphatic hydroxyl groups excluding tert-OH is 1. The molecule has 0 spiro atoms. The molecule has 3 heterocycles. The number of nitrogens with zero attached hydrogens (tertiary/aromatic N) is 2. The maximum absolute atomic E-state index is 14.6. The van der Waals surface area contributed by atoms with E-state index in [1.54, 1.807) is 0 Å². The Labute approximate surface area is 220 Å². The normalized spacial score (nSPS) is 24.5. The van der Waals surface area contributed by atoms with Crippen LogP contribution >= 0.6 is 11.6 Å². The molecule has 2 aliphatic carbocycles. The molecule has 2 saturated carbocycles. The third-order valence-corrected chi connectivity index (χ3v) is 7.37. The number of pyridine rings is 1. The number of hydrogen-bond acceptors (Lipinski definition) is 8. The van der Waals surface area contributed by atoms with Crippen molar-refractivity contribution in [1.82, 2.24) is 20.4 Å². The predicted molar refractivity (Wildman–Crippen MR) is 129 cm³/mol. The number of nitrogens with one attached hydrogen (secondary N) is 2. The predicted octanol–water partition coefficient (Wildman–Crippen LogP) is 3.46. The van der Waals surface area contributed by atoms with Gasteiger partial charge < -0.3 is 24.3 Å². The Morgan fingerprint density at radius 2 is 1.97 bits per heavy atom. The minimum Gasteiger partial charge on any atom is -0.471 e. The lowest BCUT2D eigenvalue weighted by molar-refractivity contribution is 0.0135. The number of carbonyl (C=O) groups excluding carboxylic acids is 1. The van der Waals surface area contributed by atoms with Gasteiger partial charge in [0.15, 0.2) is 5.65 Å². The summed E-state index contributed by atoms with van der Waals surface area (Å²) in [6, 6.07) is 3.55. The van der Waals surface area contributed by atoms with Crippen LogP contribution in [0.5, 0.6) is 11.9 Å². The fraction of sp³-hybridized carbons (Fsp3) is 0.480. The highest BCUT2D eigenvalue weighted by molar-refractivity contribution is 6.32. The van der Waals surface area contributed by atoms with Gasteiger partial charge in [-0.25, -0.2) is 14.3 Å². The number of aliphatic hydroxyl groups is 1. The number of aromatic nitrogens is 3. The SMILES string of the molecule is O=C(NOCC1CC1)c1cc(F)c(COc2nc3nc(O[C@@H]4CCC5[C@H](O)CO[C@@H]54)[nH]c3cc2Cl)c(F)c1. The second kappa shape index (κ2) is 10.3. The molecule has 1 aromatic carbocycles. The number of fused-ring (bicyclic) bond motifs is 2. The molecule has 202 valence electrons. The molecular formula is C25H25ClF2N4O6. The van der Waals surface area contributed by atoms with E-state index in [1.807, 2.05) is 0 Å². The van der Waals surface area contributed by atoms with Crippen molar-refractivity contribution < 1.29 is 37.7 Å². The molecule has 1 saturated heterocycles. The second-order valence-corrected chi connectivity index (χ2v) is 10.3. The topological polar surface area (TPSA) is 128 Å². The van der Waals surface area contributed by atoms with E-state index in [0.29, 0.717) is 24.6 Å². The zero-order valence-corrected chi connectivity index (χ0v) is 20.8. The van der Waals surface area contributed by atoms with Crippen molar-refractivity contribution in [2.75, 3.05) is 13.2 Å². The van der Waals surface area contributed by atoms with Crippen molar-refractivity contribution in [1.29, 1.82) is 0 Å². The number of amides is 1. The largest absolute Gasteiger partial charge is 0.471 e. The number of carbonyl (C=O) groups is 1. The van der Waals surface area contributed by atoms with Gasteiger partial charge in [-0.05, 0) is 49.8 Å². The van der Waals surface area contributed by atoms with E-state index in [1.165, 1.54) is 6.07 Å². The molecule has 1 unspecified atom stereocenters. The third kappa shape index (κ3) is 5.13. The summed E-state index contributed by atoms with van der Waals surface area (Å²) < 4.78 is 46.4. The first-order chi connectivity index (χ1) is 18.4. The highest BCUT2D eigenvalue weighted by atomic mass is 35.5. The first-order valence-corrected chi connectivity index (χ1v) is 12.8. The van der Waals surface area contributed by atoms with Crippen LogP contribution in [0.1, 0.15) is 41.6 Å². The van der Waals surface area contributed by atoms with Gasteiger partial charge in [0.2, 0.25) is 5.88 Å². The van der Waals surface area contributed by atoms with Crippen LogP contribution in [0.15, 0.2) is 18.2 Å². The molecule has 13 heteroatoms. The Balaban J connectivity index is 1.11. The molecule has 0 radical (unpaired) electrons. The van der Waals surface area contributed by atoms with Crippen LogP contribution in [0.4, 0.5) is 8.78 Å². The molecule has 10 nitrogen and oxygen atoms in total. The third-order valence-electron chi connectivity index (χ3n) is 7.10. The summed E-state index contributed by atoms with van der Waals surface area (Å²) in [4.78, 5) is 28.8. The van der Waals surface area contributed by atoms with Crippen LogP contribution in [0.25, 0.3) is 11.2 Å². The Hall–Kier alpha value is -3.06. The molecule has 2 aromatic heterocycles. The number of rotatable bonds is 9. The molecule has 3 aliphatic rings. The Morgan fingerprint density at radius 3 is 2.74 bits per heavy atom. The molecule has 1 aliphatic heterocycles. The summed E-state index contributed by atoms with van der Waals surface area (Å²) in [5.41, 5.74) is 2.31. The van der Waals surface area contributed by atoms with Gasteiger partial charge in [-0.1, -0.05) is 11.6 Å². The number of imidazole rings is 1. The molecule has 0 bridgehead atoms. The van der Waals surface area contributed by atoms with E-state index in [0.717, 1.165) is 37.8 Å². The lowest BCUT2D eigenvalue weighted by Gasteiger charge is -2.17. The van der Waals surface area contributed by atoms with E-state index in [2.05, 4.69) is 20.4 Å². The molecule has 6 rings (SSSR count). The summed E-state index contributed by atoms with van der Waals surface area (Å²) in [6.07, 6.45) is 2.64. The molecule has 38 heavy (non-hydrogen) atoms. The summed E-state index contributed by atoms with van der Waals surface area (Å²) in [5, 5.41) is 10.1. The van der Waals surface area contributed by atoms with Gasteiger partial charge in [-0.2, -0.15) is 9.97 Å². The average Bonchev–Trinajstić information content (AvgIpc) is 3.32. The number of aromatic amines is 1. The quantitative estimate of drug-likeness (QED) is 0.346. The maximum atomic E-state index is 14.6. The highest BCUT2D eigenvalue weighted by Crippen LogP contribution is 2.38. The van der Waals surface area contributed by atoms with Crippen molar-refractivity contribution in [3.8, 4) is 11.9 Å². The first kappa shape index (κ1) is 25.2. The van der Waals surface area contributed by atoms with Crippen LogP contribution in [0.2, 0.25) is 5.02 Å². The summed E-state index contributed by atoms with van der Waals surface area (Å²) in [6.45, 7) is 0.137. The van der Waals surface area contributed by atoms with Gasteiger partial charge in [0.25, 0.3) is 11.9 Å². The molecule has 3 fully saturated rings. The van der Waals surface area contributed by atoms with E-state index in [4.69, 9.17) is 30.6 Å². The van der Waals surface area contributed by atoms with E-state index < -0.39 is 30.3 Å². The van der Waals surface area contributed by atoms with Gasteiger partial charge in [-0.3, -0.25) is 9.63 Å². The van der Waals surface area contributed by atoms with Crippen LogP contribution < -0.4 is 15.0 Å². The molecule has 1 amide bonds. The minimum absolute atomic E-state index is 0.0434. The van der Waals surface area contributed by atoms with Crippen molar-refractivity contribution >= 4 is 28.7 Å². The van der Waals surface area contributed by atoms with Crippen molar-refractivity contribution in [2.45, 2.75) is 50.6 Å². The fourth-order valence-electron chi connectivity index (χ4n) is 4.82. The zero-order chi connectivity index (χ0) is 26.4. The van der Waals surface area contributed by atoms with Gasteiger partial charge in [0, 0.05) is 11.5 Å². The van der Waals surface area contributed by atoms with Crippen molar-refractivity contribution in [3.05, 3.63) is 46.0 Å². The first-order valence-electron chi connectivity index (χ1n) is 12.4. The van der Waals surface area contributed by atoms with Gasteiger partial charge in [0.05, 0.1) is 36.5 Å². The number of hydroxylamine groups is 1. The summed E-state index contributed by atoms with van der Waals surface area (Å²) >= 11 is 6.28. The lowest BCUT2D eigenvalue weighted by atomic mass is 10.0. The Morgan fingerprint density at radius 1 is 1.18 bits per heavy atom. The average molecular weight is 551 g/mol. The standard InChI is InChI=1S/C25H25ClF2N4O6/c26-15-7-18-22(31-25(29-18)38-20-4-3-13-19(33)10-35-21(13)20)30-24(15)36-9-14-16(27)5-12(6-17(14)28)23(34)32-37-8-11-1-2-11/h5-7,11,13,19-21,33H,1-4,8-10H2,(H,32,34)(H,29,30,31)/t13?,19-,20-,21+/m1/s1. The number of ether oxygens (including phenoxy) is 3. The van der Waals surface area contributed by atoms with Crippen molar-refractivity contribution in [2.24, 2.45) is 11.8 Å². The number of halogens is 3. The van der Waals surface area contributed by atoms with Gasteiger partial charge in [0.1, 0.15) is 29.4 Å². The van der Waals surface area contributed by atoms with Crippen LogP contribution in [0, 0.1) is 23.5 Å². The smallest absolute Gasteiger partial charge is 0.296 e. The van der Waals surface area contributed by atoms with Gasteiger partial charge >= 0.3 is 0 Å². The molecular weight excluding hydrogens is 526 g/mol.